The minimum absolute atomic E-state index is 0.0994. The summed E-state index contributed by atoms with van der Waals surface area (Å²) in [6.45, 7) is 0. The minimum Gasteiger partial charge on any atom is -0.340 e. The largest absolute Gasteiger partial charge is 0.340 e. The molecule has 1 atom stereocenters. The summed E-state index contributed by atoms with van der Waals surface area (Å²) in [5.41, 5.74) is 1.37. The number of hydrogen-bond acceptors (Lipinski definition) is 4. The van der Waals surface area contributed by atoms with Gasteiger partial charge in [-0.05, 0) is 54.1 Å². The summed E-state index contributed by atoms with van der Waals surface area (Å²) in [7, 11) is 1.42. The van der Waals surface area contributed by atoms with Crippen LogP contribution in [0.3, 0.4) is 0 Å². The van der Waals surface area contributed by atoms with Crippen LogP contribution >= 0.6 is 10.7 Å². The van der Waals surface area contributed by atoms with Gasteiger partial charge in [0.25, 0.3) is 15.0 Å². The number of benzene rings is 3. The molecule has 160 valence electrons. The molecule has 0 fully saturated rings. The quantitative estimate of drug-likeness (QED) is 0.525. The van der Waals surface area contributed by atoms with Crippen LogP contribution in [-0.4, -0.2) is 26.3 Å². The molecule has 6 nitrogen and oxygen atoms in total. The van der Waals surface area contributed by atoms with Crippen molar-refractivity contribution >= 4 is 37.2 Å². The summed E-state index contributed by atoms with van der Waals surface area (Å²) in [6.07, 6.45) is 0.216. The van der Waals surface area contributed by atoms with Gasteiger partial charge in [-0.25, -0.2) is 12.8 Å². The molecule has 2 amide bonds. The molecule has 3 aromatic rings. The molecule has 0 aliphatic heterocycles. The van der Waals surface area contributed by atoms with E-state index < -0.39 is 32.7 Å². The first kappa shape index (κ1) is 22.5. The molecule has 3 rings (SSSR count). The third kappa shape index (κ3) is 6.37. The third-order valence-electron chi connectivity index (χ3n) is 4.41. The first-order valence-corrected chi connectivity index (χ1v) is 11.5. The van der Waals surface area contributed by atoms with Crippen LogP contribution in [0.5, 0.6) is 0 Å². The van der Waals surface area contributed by atoms with Crippen molar-refractivity contribution in [1.82, 2.24) is 5.32 Å². The van der Waals surface area contributed by atoms with Crippen molar-refractivity contribution in [3.8, 4) is 0 Å². The molecule has 31 heavy (non-hydrogen) atoms. The van der Waals surface area contributed by atoms with Gasteiger partial charge in [-0.3, -0.25) is 9.59 Å². The van der Waals surface area contributed by atoms with Crippen molar-refractivity contribution in [2.24, 2.45) is 0 Å². The summed E-state index contributed by atoms with van der Waals surface area (Å²) in [4.78, 5) is 25.4. The number of halogens is 2. The van der Waals surface area contributed by atoms with E-state index in [4.69, 9.17) is 10.7 Å². The number of nitrogens with one attached hydrogen (secondary N) is 2. The van der Waals surface area contributed by atoms with Crippen molar-refractivity contribution in [2.75, 3.05) is 5.32 Å². The fourth-order valence-corrected chi connectivity index (χ4v) is 3.60. The van der Waals surface area contributed by atoms with Crippen molar-refractivity contribution in [3.63, 3.8) is 0 Å². The second-order valence-electron chi connectivity index (χ2n) is 6.67. The van der Waals surface area contributed by atoms with Crippen LogP contribution in [0.4, 0.5) is 10.1 Å². The van der Waals surface area contributed by atoms with Crippen LogP contribution in [-0.2, 0) is 20.3 Å². The molecule has 1 unspecified atom stereocenters. The molecule has 0 saturated carbocycles. The van der Waals surface area contributed by atoms with Gasteiger partial charge in [-0.15, -0.1) is 0 Å². The predicted octanol–water partition coefficient (Wildman–Crippen LogP) is 3.73. The molecular weight excluding hydrogens is 443 g/mol. The molecule has 9 heteroatoms. The van der Waals surface area contributed by atoms with Gasteiger partial charge in [-0.1, -0.05) is 30.3 Å². The van der Waals surface area contributed by atoms with E-state index in [1.807, 2.05) is 30.3 Å². The van der Waals surface area contributed by atoms with E-state index in [0.29, 0.717) is 5.69 Å². The van der Waals surface area contributed by atoms with E-state index >= 15 is 0 Å². The third-order valence-corrected chi connectivity index (χ3v) is 5.78. The zero-order valence-corrected chi connectivity index (χ0v) is 17.7. The molecule has 0 aromatic heterocycles. The Kier molecular flexibility index (Phi) is 7.04. The fourth-order valence-electron chi connectivity index (χ4n) is 2.83. The Labute approximate surface area is 183 Å². The average molecular weight is 461 g/mol. The van der Waals surface area contributed by atoms with Crippen LogP contribution in [0.25, 0.3) is 0 Å². The molecule has 2 N–H and O–H groups in total. The number of carbonyl (C=O) groups is 2. The molecular formula is C22H18ClFN2O4S. The minimum atomic E-state index is -3.88. The van der Waals surface area contributed by atoms with Gasteiger partial charge in [0.15, 0.2) is 0 Å². The van der Waals surface area contributed by atoms with Crippen LogP contribution in [0.15, 0.2) is 83.8 Å². The lowest BCUT2D eigenvalue weighted by molar-refractivity contribution is -0.118. The monoisotopic (exact) mass is 460 g/mol. The highest BCUT2D eigenvalue weighted by Gasteiger charge is 2.22. The van der Waals surface area contributed by atoms with E-state index in [-0.39, 0.29) is 16.9 Å². The van der Waals surface area contributed by atoms with Gasteiger partial charge in [0.1, 0.15) is 11.9 Å². The lowest BCUT2D eigenvalue weighted by Gasteiger charge is -2.19. The molecule has 0 aliphatic rings. The lowest BCUT2D eigenvalue weighted by atomic mass is 10.0. The number of rotatable bonds is 7. The Bertz CT molecular complexity index is 1170. The maximum atomic E-state index is 13.1. The number of carbonyl (C=O) groups excluding carboxylic acids is 2. The summed E-state index contributed by atoms with van der Waals surface area (Å²) in [5, 5.41) is 5.32. The molecule has 3 aromatic carbocycles. The normalized spacial score (nSPS) is 12.1. The first-order chi connectivity index (χ1) is 14.7. The zero-order valence-electron chi connectivity index (χ0n) is 16.1. The molecule has 0 bridgehead atoms. The second-order valence-corrected chi connectivity index (χ2v) is 9.24. The Hall–Kier alpha value is -3.23. The van der Waals surface area contributed by atoms with Crippen LogP contribution < -0.4 is 10.6 Å². The number of anilines is 1. The maximum Gasteiger partial charge on any atom is 0.261 e. The van der Waals surface area contributed by atoms with E-state index in [9.17, 15) is 22.4 Å². The smallest absolute Gasteiger partial charge is 0.261 e. The molecule has 0 heterocycles. The highest BCUT2D eigenvalue weighted by Crippen LogP contribution is 2.18. The Morgan fingerprint density at radius 3 is 2.10 bits per heavy atom. The number of amides is 2. The number of hydrogen-bond donors (Lipinski definition) is 2. The average Bonchev–Trinajstić information content (AvgIpc) is 2.74. The van der Waals surface area contributed by atoms with Gasteiger partial charge >= 0.3 is 0 Å². The van der Waals surface area contributed by atoms with E-state index in [0.717, 1.165) is 17.7 Å². The maximum absolute atomic E-state index is 13.1. The highest BCUT2D eigenvalue weighted by atomic mass is 35.7. The highest BCUT2D eigenvalue weighted by molar-refractivity contribution is 8.13. The van der Waals surface area contributed by atoms with E-state index in [2.05, 4.69) is 10.6 Å². The molecule has 0 aliphatic carbocycles. The van der Waals surface area contributed by atoms with Crippen molar-refractivity contribution in [2.45, 2.75) is 17.4 Å². The van der Waals surface area contributed by atoms with Crippen LogP contribution in [0.2, 0.25) is 0 Å². The predicted molar refractivity (Wildman–Crippen MR) is 116 cm³/mol. The Morgan fingerprint density at radius 2 is 1.52 bits per heavy atom. The molecule has 0 spiro atoms. The summed E-state index contributed by atoms with van der Waals surface area (Å²) in [6, 6.07) is 18.5. The first-order valence-electron chi connectivity index (χ1n) is 9.18. The van der Waals surface area contributed by atoms with Gasteiger partial charge in [0, 0.05) is 28.4 Å². The summed E-state index contributed by atoms with van der Waals surface area (Å²) < 4.78 is 35.9. The van der Waals surface area contributed by atoms with E-state index in [1.54, 1.807) is 0 Å². The van der Waals surface area contributed by atoms with Gasteiger partial charge in [-0.2, -0.15) is 0 Å². The summed E-state index contributed by atoms with van der Waals surface area (Å²) in [5.74, 6) is -1.50. The molecule has 0 saturated heterocycles. The van der Waals surface area contributed by atoms with Gasteiger partial charge in [0.05, 0.1) is 4.90 Å². The lowest BCUT2D eigenvalue weighted by Crippen LogP contribution is -2.45. The van der Waals surface area contributed by atoms with E-state index in [1.165, 1.54) is 36.4 Å². The van der Waals surface area contributed by atoms with Gasteiger partial charge < -0.3 is 10.6 Å². The van der Waals surface area contributed by atoms with Crippen LogP contribution in [0.1, 0.15) is 15.9 Å². The SMILES string of the molecule is O=C(NC(Cc1ccccc1)C(=O)Nc1ccc(S(=O)(=O)Cl)cc1)c1ccc(F)cc1. The van der Waals surface area contributed by atoms with Crippen LogP contribution in [0, 0.1) is 5.82 Å². The Balaban J connectivity index is 1.78. The Morgan fingerprint density at radius 1 is 0.903 bits per heavy atom. The van der Waals surface area contributed by atoms with Crippen molar-refractivity contribution < 1.29 is 22.4 Å². The fraction of sp³-hybridized carbons (Fsp3) is 0.0909. The zero-order chi connectivity index (χ0) is 22.4. The second kappa shape index (κ2) is 9.72. The topological polar surface area (TPSA) is 92.3 Å². The summed E-state index contributed by atoms with van der Waals surface area (Å²) >= 11 is 0. The van der Waals surface area contributed by atoms with Gasteiger partial charge in [0.2, 0.25) is 5.91 Å². The molecule has 0 radical (unpaired) electrons. The van der Waals surface area contributed by atoms with Crippen molar-refractivity contribution in [1.29, 1.82) is 0 Å². The van der Waals surface area contributed by atoms with Crippen molar-refractivity contribution in [3.05, 3.63) is 95.8 Å². The standard InChI is InChI=1S/C22H18ClFN2O4S/c23-31(29,30)19-12-10-18(11-13-19)25-22(28)20(14-15-4-2-1-3-5-15)26-21(27)16-6-8-17(24)9-7-16/h1-13,20H,14H2,(H,25,28)(H,26,27).